The van der Waals surface area contributed by atoms with E-state index in [0.717, 1.165) is 10.6 Å². The molecule has 1 aromatic rings. The molecule has 0 spiro atoms. The first-order valence-electron chi connectivity index (χ1n) is 6.21. The van der Waals surface area contributed by atoms with E-state index < -0.39 is 0 Å². The maximum atomic E-state index is 5.22. The SMILES string of the molecule is CSC(=S)CCCCN1CCc2ccccc21. The van der Waals surface area contributed by atoms with Crippen LogP contribution in [0.3, 0.4) is 0 Å². The van der Waals surface area contributed by atoms with Gasteiger partial charge in [0.1, 0.15) is 0 Å². The zero-order valence-corrected chi connectivity index (χ0v) is 11.9. The lowest BCUT2D eigenvalue weighted by atomic mass is 10.2. The molecule has 1 heterocycles. The molecular weight excluding hydrogens is 246 g/mol. The standard InChI is InChI=1S/C14H19NS2/c1-17-14(16)8-4-5-10-15-11-9-12-6-2-3-7-13(12)15/h2-3,6-7H,4-5,8-11H2,1H3. The number of anilines is 1. The second-order valence-electron chi connectivity index (χ2n) is 4.40. The van der Waals surface area contributed by atoms with Crippen LogP contribution in [0, 0.1) is 0 Å². The summed E-state index contributed by atoms with van der Waals surface area (Å²) in [5.41, 5.74) is 2.95. The van der Waals surface area contributed by atoms with Crippen molar-refractivity contribution in [3.8, 4) is 0 Å². The molecule has 0 amide bonds. The molecule has 0 aromatic heterocycles. The Hall–Kier alpha value is -0.540. The fraction of sp³-hybridized carbons (Fsp3) is 0.500. The number of thiocarbonyl (C=S) groups is 1. The van der Waals surface area contributed by atoms with Gasteiger partial charge in [-0.25, -0.2) is 0 Å². The molecule has 0 bridgehead atoms. The van der Waals surface area contributed by atoms with Gasteiger partial charge < -0.3 is 4.90 Å². The fourth-order valence-electron chi connectivity index (χ4n) is 2.31. The normalized spacial score (nSPS) is 13.8. The van der Waals surface area contributed by atoms with Gasteiger partial charge in [0.25, 0.3) is 0 Å². The first-order valence-corrected chi connectivity index (χ1v) is 7.84. The van der Waals surface area contributed by atoms with E-state index in [4.69, 9.17) is 12.2 Å². The molecule has 0 aliphatic carbocycles. The Labute approximate surface area is 114 Å². The summed E-state index contributed by atoms with van der Waals surface area (Å²) in [5, 5.41) is 0. The highest BCUT2D eigenvalue weighted by Gasteiger charge is 2.17. The minimum atomic E-state index is 1.09. The summed E-state index contributed by atoms with van der Waals surface area (Å²) in [6.07, 6.45) is 6.83. The van der Waals surface area contributed by atoms with Crippen molar-refractivity contribution in [2.45, 2.75) is 25.7 Å². The van der Waals surface area contributed by atoms with E-state index in [1.54, 1.807) is 11.8 Å². The smallest absolute Gasteiger partial charge is 0.0475 e. The second kappa shape index (κ2) is 6.41. The molecule has 1 aliphatic rings. The summed E-state index contributed by atoms with van der Waals surface area (Å²) < 4.78 is 1.15. The van der Waals surface area contributed by atoms with Crippen LogP contribution >= 0.6 is 24.0 Å². The summed E-state index contributed by atoms with van der Waals surface area (Å²) >= 11 is 6.93. The number of para-hydroxylation sites is 1. The van der Waals surface area contributed by atoms with Gasteiger partial charge in [-0.3, -0.25) is 0 Å². The van der Waals surface area contributed by atoms with Gasteiger partial charge in [-0.1, -0.05) is 30.4 Å². The third-order valence-corrected chi connectivity index (χ3v) is 4.63. The molecule has 0 saturated heterocycles. The van der Waals surface area contributed by atoms with Crippen LogP contribution in [0.2, 0.25) is 0 Å². The molecule has 1 aromatic carbocycles. The Bertz CT molecular complexity index is 390. The van der Waals surface area contributed by atoms with E-state index in [2.05, 4.69) is 35.4 Å². The van der Waals surface area contributed by atoms with Crippen LogP contribution in [-0.2, 0) is 6.42 Å². The number of thioether (sulfide) groups is 1. The summed E-state index contributed by atoms with van der Waals surface area (Å²) in [4.78, 5) is 2.51. The van der Waals surface area contributed by atoms with Crippen molar-refractivity contribution >= 4 is 33.9 Å². The lowest BCUT2D eigenvalue weighted by molar-refractivity contribution is 0.720. The number of rotatable bonds is 5. The van der Waals surface area contributed by atoms with Crippen LogP contribution in [0.15, 0.2) is 24.3 Å². The number of unbranched alkanes of at least 4 members (excludes halogenated alkanes) is 1. The maximum absolute atomic E-state index is 5.22. The fourth-order valence-corrected chi connectivity index (χ4v) is 2.81. The van der Waals surface area contributed by atoms with Crippen molar-refractivity contribution < 1.29 is 0 Å². The van der Waals surface area contributed by atoms with Gasteiger partial charge in [-0.05, 0) is 43.6 Å². The van der Waals surface area contributed by atoms with Crippen LogP contribution in [0.1, 0.15) is 24.8 Å². The summed E-state index contributed by atoms with van der Waals surface area (Å²) in [5.74, 6) is 0. The van der Waals surface area contributed by atoms with Gasteiger partial charge >= 0.3 is 0 Å². The molecule has 0 atom stereocenters. The van der Waals surface area contributed by atoms with Crippen molar-refractivity contribution in [1.29, 1.82) is 0 Å². The molecule has 1 aliphatic heterocycles. The van der Waals surface area contributed by atoms with Crippen molar-refractivity contribution in [3.63, 3.8) is 0 Å². The Balaban J connectivity index is 1.76. The van der Waals surface area contributed by atoms with Crippen LogP contribution in [0.5, 0.6) is 0 Å². The molecule has 2 rings (SSSR count). The zero-order valence-electron chi connectivity index (χ0n) is 10.3. The van der Waals surface area contributed by atoms with E-state index >= 15 is 0 Å². The molecule has 0 N–H and O–H groups in total. The van der Waals surface area contributed by atoms with E-state index in [1.165, 1.54) is 43.6 Å². The number of benzene rings is 1. The molecule has 0 unspecified atom stereocenters. The topological polar surface area (TPSA) is 3.24 Å². The quantitative estimate of drug-likeness (QED) is 0.587. The Morgan fingerprint density at radius 2 is 2.18 bits per heavy atom. The second-order valence-corrected chi connectivity index (χ2v) is 6.05. The van der Waals surface area contributed by atoms with Gasteiger partial charge in [0.05, 0.1) is 0 Å². The first kappa shape index (κ1) is 12.9. The van der Waals surface area contributed by atoms with Gasteiger partial charge in [-0.2, -0.15) is 0 Å². The van der Waals surface area contributed by atoms with E-state index in [9.17, 15) is 0 Å². The molecule has 17 heavy (non-hydrogen) atoms. The summed E-state index contributed by atoms with van der Waals surface area (Å²) in [7, 11) is 0. The largest absolute Gasteiger partial charge is 0.371 e. The third-order valence-electron chi connectivity index (χ3n) is 3.27. The van der Waals surface area contributed by atoms with Gasteiger partial charge in [0, 0.05) is 23.0 Å². The Morgan fingerprint density at radius 1 is 1.35 bits per heavy atom. The predicted molar refractivity (Wildman–Crippen MR) is 82.3 cm³/mol. The Morgan fingerprint density at radius 3 is 3.00 bits per heavy atom. The van der Waals surface area contributed by atoms with Crippen LogP contribution in [-0.4, -0.2) is 23.5 Å². The van der Waals surface area contributed by atoms with Gasteiger partial charge in [-0.15, -0.1) is 11.8 Å². The molecule has 3 heteroatoms. The van der Waals surface area contributed by atoms with Crippen molar-refractivity contribution in [1.82, 2.24) is 0 Å². The van der Waals surface area contributed by atoms with Crippen molar-refractivity contribution in [2.75, 3.05) is 24.2 Å². The van der Waals surface area contributed by atoms with Gasteiger partial charge in [0.2, 0.25) is 0 Å². The molecule has 92 valence electrons. The van der Waals surface area contributed by atoms with Crippen molar-refractivity contribution in [3.05, 3.63) is 29.8 Å². The van der Waals surface area contributed by atoms with Gasteiger partial charge in [0.15, 0.2) is 0 Å². The minimum Gasteiger partial charge on any atom is -0.371 e. The minimum absolute atomic E-state index is 1.09. The number of hydrogen-bond donors (Lipinski definition) is 0. The van der Waals surface area contributed by atoms with Crippen LogP contribution < -0.4 is 4.90 Å². The van der Waals surface area contributed by atoms with Crippen molar-refractivity contribution in [2.24, 2.45) is 0 Å². The molecule has 0 fully saturated rings. The summed E-state index contributed by atoms with van der Waals surface area (Å²) in [6, 6.07) is 8.77. The van der Waals surface area contributed by atoms with Crippen LogP contribution in [0.4, 0.5) is 5.69 Å². The lowest BCUT2D eigenvalue weighted by Crippen LogP contribution is -2.21. The molecule has 0 radical (unpaired) electrons. The number of hydrogen-bond acceptors (Lipinski definition) is 3. The highest BCUT2D eigenvalue weighted by Crippen LogP contribution is 2.27. The molecule has 1 nitrogen and oxygen atoms in total. The third kappa shape index (κ3) is 3.46. The van der Waals surface area contributed by atoms with Crippen LogP contribution in [0.25, 0.3) is 0 Å². The number of fused-ring (bicyclic) bond motifs is 1. The lowest BCUT2D eigenvalue weighted by Gasteiger charge is -2.19. The predicted octanol–water partition coefficient (Wildman–Crippen LogP) is 3.91. The maximum Gasteiger partial charge on any atom is 0.0475 e. The highest BCUT2D eigenvalue weighted by molar-refractivity contribution is 8.22. The first-order chi connectivity index (χ1) is 8.31. The average Bonchev–Trinajstić information content (AvgIpc) is 2.78. The highest BCUT2D eigenvalue weighted by atomic mass is 32.2. The monoisotopic (exact) mass is 265 g/mol. The Kier molecular flexibility index (Phi) is 4.86. The van der Waals surface area contributed by atoms with E-state index in [0.29, 0.717) is 0 Å². The molecule has 0 saturated carbocycles. The van der Waals surface area contributed by atoms with E-state index in [-0.39, 0.29) is 0 Å². The number of nitrogens with zero attached hydrogens (tertiary/aromatic N) is 1. The zero-order chi connectivity index (χ0) is 12.1. The average molecular weight is 265 g/mol. The van der Waals surface area contributed by atoms with E-state index in [1.807, 2.05) is 0 Å². The molecular formula is C14H19NS2. The summed E-state index contributed by atoms with van der Waals surface area (Å²) in [6.45, 7) is 2.36.